The molecular weight excluding hydrogens is 264 g/mol. The van der Waals surface area contributed by atoms with Crippen LogP contribution in [0.5, 0.6) is 5.75 Å². The van der Waals surface area contributed by atoms with E-state index in [0.717, 1.165) is 16.9 Å². The second-order valence-electron chi connectivity index (χ2n) is 5.14. The number of hydrogen-bond acceptors (Lipinski definition) is 3. The molecule has 0 radical (unpaired) electrons. The maximum Gasteiger partial charge on any atom is 0.228 e. The number of aryl methyl sites for hydroxylation is 3. The zero-order valence-corrected chi connectivity index (χ0v) is 12.6. The highest BCUT2D eigenvalue weighted by Gasteiger charge is 2.05. The highest BCUT2D eigenvalue weighted by atomic mass is 16.5. The molecule has 0 saturated carbocycles. The number of rotatable bonds is 5. The number of aromatic nitrogens is 1. The van der Waals surface area contributed by atoms with E-state index in [4.69, 9.17) is 4.74 Å². The van der Waals surface area contributed by atoms with E-state index in [1.54, 1.807) is 12.3 Å². The third kappa shape index (κ3) is 4.60. The Morgan fingerprint density at radius 3 is 2.57 bits per heavy atom. The van der Waals surface area contributed by atoms with Gasteiger partial charge in [-0.25, -0.2) is 4.98 Å². The van der Waals surface area contributed by atoms with Gasteiger partial charge in [-0.05, 0) is 44.0 Å². The lowest BCUT2D eigenvalue weighted by molar-refractivity contribution is -0.116. The van der Waals surface area contributed by atoms with Crippen LogP contribution in [0.25, 0.3) is 0 Å². The van der Waals surface area contributed by atoms with Gasteiger partial charge in [-0.15, -0.1) is 0 Å². The van der Waals surface area contributed by atoms with Crippen LogP contribution >= 0.6 is 0 Å². The number of amides is 1. The van der Waals surface area contributed by atoms with Crippen molar-refractivity contribution in [1.29, 1.82) is 0 Å². The Kier molecular flexibility index (Phi) is 4.93. The van der Waals surface area contributed by atoms with Crippen molar-refractivity contribution in [1.82, 2.24) is 4.98 Å². The van der Waals surface area contributed by atoms with E-state index >= 15 is 0 Å². The third-order valence-corrected chi connectivity index (χ3v) is 3.10. The number of pyridine rings is 1. The number of benzene rings is 1. The summed E-state index contributed by atoms with van der Waals surface area (Å²) in [5, 5.41) is 2.75. The molecule has 0 unspecified atom stereocenters. The van der Waals surface area contributed by atoms with Crippen LogP contribution < -0.4 is 10.1 Å². The molecule has 2 aromatic rings. The fraction of sp³-hybridized carbons (Fsp3) is 0.294. The van der Waals surface area contributed by atoms with E-state index in [1.807, 2.05) is 39.0 Å². The zero-order chi connectivity index (χ0) is 15.2. The minimum absolute atomic E-state index is 0.101. The summed E-state index contributed by atoms with van der Waals surface area (Å²) in [6, 6.07) is 9.70. The average Bonchev–Trinajstić information content (AvgIpc) is 2.44. The number of nitrogens with zero attached hydrogens (tertiary/aromatic N) is 1. The molecule has 0 aliphatic rings. The van der Waals surface area contributed by atoms with Crippen molar-refractivity contribution in [3.05, 3.63) is 53.2 Å². The summed E-state index contributed by atoms with van der Waals surface area (Å²) in [6.45, 7) is 6.34. The molecule has 1 aromatic carbocycles. The van der Waals surface area contributed by atoms with Crippen molar-refractivity contribution in [3.63, 3.8) is 0 Å². The van der Waals surface area contributed by atoms with Crippen molar-refractivity contribution >= 4 is 11.7 Å². The normalized spacial score (nSPS) is 10.2. The number of hydrogen-bond donors (Lipinski definition) is 1. The fourth-order valence-electron chi connectivity index (χ4n) is 1.96. The highest BCUT2D eigenvalue weighted by molar-refractivity contribution is 5.89. The molecule has 0 aliphatic carbocycles. The minimum atomic E-state index is -0.101. The molecule has 0 saturated heterocycles. The van der Waals surface area contributed by atoms with Crippen LogP contribution in [0.3, 0.4) is 0 Å². The van der Waals surface area contributed by atoms with Crippen LogP contribution in [0, 0.1) is 20.8 Å². The van der Waals surface area contributed by atoms with Crippen LogP contribution in [-0.4, -0.2) is 17.5 Å². The van der Waals surface area contributed by atoms with Crippen molar-refractivity contribution in [3.8, 4) is 5.75 Å². The SMILES string of the molecule is Cc1ccc(NC(=O)CCOc2ccc(C)cc2C)nc1. The highest BCUT2D eigenvalue weighted by Crippen LogP contribution is 2.18. The monoisotopic (exact) mass is 284 g/mol. The maximum absolute atomic E-state index is 11.8. The largest absolute Gasteiger partial charge is 0.493 e. The lowest BCUT2D eigenvalue weighted by Gasteiger charge is -2.10. The summed E-state index contributed by atoms with van der Waals surface area (Å²) in [7, 11) is 0. The first kappa shape index (κ1) is 15.0. The van der Waals surface area contributed by atoms with Gasteiger partial charge in [0.15, 0.2) is 0 Å². The van der Waals surface area contributed by atoms with Crippen LogP contribution in [0.15, 0.2) is 36.5 Å². The molecule has 0 spiro atoms. The summed E-state index contributed by atoms with van der Waals surface area (Å²) in [6.07, 6.45) is 2.02. The molecule has 0 aliphatic heterocycles. The summed E-state index contributed by atoms with van der Waals surface area (Å²) in [4.78, 5) is 15.9. The number of carbonyl (C=O) groups excluding carboxylic acids is 1. The molecular formula is C17H20N2O2. The van der Waals surface area contributed by atoms with Gasteiger partial charge in [0.1, 0.15) is 11.6 Å². The van der Waals surface area contributed by atoms with Crippen molar-refractivity contribution in [2.45, 2.75) is 27.2 Å². The lowest BCUT2D eigenvalue weighted by Crippen LogP contribution is -2.16. The Morgan fingerprint density at radius 2 is 1.90 bits per heavy atom. The van der Waals surface area contributed by atoms with Crippen LogP contribution in [0.2, 0.25) is 0 Å². The average molecular weight is 284 g/mol. The molecule has 4 nitrogen and oxygen atoms in total. The van der Waals surface area contributed by atoms with E-state index in [2.05, 4.69) is 16.4 Å². The van der Waals surface area contributed by atoms with Gasteiger partial charge in [0, 0.05) is 6.20 Å². The van der Waals surface area contributed by atoms with Crippen LogP contribution in [0.1, 0.15) is 23.1 Å². The van der Waals surface area contributed by atoms with E-state index in [-0.39, 0.29) is 5.91 Å². The Bertz CT molecular complexity index is 621. The molecule has 4 heteroatoms. The molecule has 1 heterocycles. The second-order valence-corrected chi connectivity index (χ2v) is 5.14. The van der Waals surface area contributed by atoms with Gasteiger partial charge in [0.2, 0.25) is 5.91 Å². The zero-order valence-electron chi connectivity index (χ0n) is 12.6. The van der Waals surface area contributed by atoms with Crippen LogP contribution in [0.4, 0.5) is 5.82 Å². The van der Waals surface area contributed by atoms with E-state index in [9.17, 15) is 4.79 Å². The Morgan fingerprint density at radius 1 is 1.14 bits per heavy atom. The topological polar surface area (TPSA) is 51.2 Å². The third-order valence-electron chi connectivity index (χ3n) is 3.10. The van der Waals surface area contributed by atoms with Crippen molar-refractivity contribution in [2.75, 3.05) is 11.9 Å². The molecule has 2 rings (SSSR count). The Balaban J connectivity index is 1.80. The van der Waals surface area contributed by atoms with Crippen LogP contribution in [-0.2, 0) is 4.79 Å². The summed E-state index contributed by atoms with van der Waals surface area (Å²) >= 11 is 0. The fourth-order valence-corrected chi connectivity index (χ4v) is 1.96. The van der Waals surface area contributed by atoms with Gasteiger partial charge in [-0.1, -0.05) is 23.8 Å². The molecule has 1 amide bonds. The lowest BCUT2D eigenvalue weighted by atomic mass is 10.1. The van der Waals surface area contributed by atoms with E-state index < -0.39 is 0 Å². The summed E-state index contributed by atoms with van der Waals surface area (Å²) in [5.41, 5.74) is 3.34. The summed E-state index contributed by atoms with van der Waals surface area (Å²) in [5.74, 6) is 1.29. The first-order valence-corrected chi connectivity index (χ1v) is 6.97. The number of anilines is 1. The smallest absolute Gasteiger partial charge is 0.228 e. The quantitative estimate of drug-likeness (QED) is 0.915. The first-order chi connectivity index (χ1) is 10.0. The molecule has 0 atom stereocenters. The molecule has 0 fully saturated rings. The predicted octanol–water partition coefficient (Wildman–Crippen LogP) is 3.41. The predicted molar refractivity (Wildman–Crippen MR) is 83.6 cm³/mol. The van der Waals surface area contributed by atoms with Gasteiger partial charge in [-0.2, -0.15) is 0 Å². The molecule has 1 aromatic heterocycles. The maximum atomic E-state index is 11.8. The van der Waals surface area contributed by atoms with E-state index in [1.165, 1.54) is 5.56 Å². The number of carbonyl (C=O) groups is 1. The van der Waals surface area contributed by atoms with Crippen molar-refractivity contribution in [2.24, 2.45) is 0 Å². The number of nitrogens with one attached hydrogen (secondary N) is 1. The van der Waals surface area contributed by atoms with E-state index in [0.29, 0.717) is 18.8 Å². The Hall–Kier alpha value is -2.36. The Labute approximate surface area is 125 Å². The van der Waals surface area contributed by atoms with Gasteiger partial charge in [-0.3, -0.25) is 4.79 Å². The van der Waals surface area contributed by atoms with Crippen molar-refractivity contribution < 1.29 is 9.53 Å². The molecule has 110 valence electrons. The summed E-state index contributed by atoms with van der Waals surface area (Å²) < 4.78 is 5.64. The van der Waals surface area contributed by atoms with Gasteiger partial charge < -0.3 is 10.1 Å². The first-order valence-electron chi connectivity index (χ1n) is 6.97. The molecule has 1 N–H and O–H groups in total. The van der Waals surface area contributed by atoms with Gasteiger partial charge in [0.25, 0.3) is 0 Å². The number of ether oxygens (including phenoxy) is 1. The van der Waals surface area contributed by atoms with Gasteiger partial charge >= 0.3 is 0 Å². The minimum Gasteiger partial charge on any atom is -0.493 e. The molecule has 0 bridgehead atoms. The standard InChI is InChI=1S/C17H20N2O2/c1-12-4-6-15(14(3)10-12)21-9-8-17(20)19-16-7-5-13(2)11-18-16/h4-7,10-11H,8-9H2,1-3H3,(H,18,19,20). The van der Waals surface area contributed by atoms with Gasteiger partial charge in [0.05, 0.1) is 13.0 Å². The second kappa shape index (κ2) is 6.88. The molecule has 21 heavy (non-hydrogen) atoms.